The standard InChI is InChI=1S/C23H36N6O3/c1-3-10-26-14-7-23(8-15-26)21(31)28(22(32)25-23)17-19-5-12-27(13-6-19)20(30)16-18(2)29-11-4-9-24-29/h4,9,11,18-19H,3,5-8,10,12-17H2,1-2H3,(H,25,32)/t18-/m1/s1. The third kappa shape index (κ3) is 4.67. The lowest BCUT2D eigenvalue weighted by atomic mass is 9.87. The first kappa shape index (κ1) is 22.8. The molecular weight excluding hydrogens is 408 g/mol. The molecule has 1 aromatic rings. The minimum atomic E-state index is -0.708. The van der Waals surface area contributed by atoms with Crippen molar-refractivity contribution in [1.29, 1.82) is 0 Å². The second-order valence-corrected chi connectivity index (χ2v) is 9.63. The summed E-state index contributed by atoms with van der Waals surface area (Å²) in [6, 6.07) is 1.65. The van der Waals surface area contributed by atoms with E-state index in [-0.39, 0.29) is 29.8 Å². The van der Waals surface area contributed by atoms with Crippen molar-refractivity contribution in [2.45, 2.75) is 64.0 Å². The van der Waals surface area contributed by atoms with Crippen molar-refractivity contribution in [3.05, 3.63) is 18.5 Å². The van der Waals surface area contributed by atoms with Gasteiger partial charge in [0, 0.05) is 51.5 Å². The van der Waals surface area contributed by atoms with Crippen LogP contribution in [0.3, 0.4) is 0 Å². The molecule has 0 aliphatic carbocycles. The van der Waals surface area contributed by atoms with E-state index in [9.17, 15) is 14.4 Å². The number of hydrogen-bond acceptors (Lipinski definition) is 5. The molecule has 4 heterocycles. The van der Waals surface area contributed by atoms with Gasteiger partial charge in [0.1, 0.15) is 5.54 Å². The molecule has 1 spiro atoms. The van der Waals surface area contributed by atoms with Crippen LogP contribution in [0.15, 0.2) is 18.5 Å². The predicted octanol–water partition coefficient (Wildman–Crippen LogP) is 1.87. The molecule has 0 aromatic carbocycles. The smallest absolute Gasteiger partial charge is 0.325 e. The molecule has 4 amide bonds. The Labute approximate surface area is 190 Å². The van der Waals surface area contributed by atoms with Crippen LogP contribution in [0.4, 0.5) is 4.79 Å². The molecule has 32 heavy (non-hydrogen) atoms. The third-order valence-electron chi connectivity index (χ3n) is 7.35. The number of imide groups is 1. The van der Waals surface area contributed by atoms with E-state index in [1.165, 1.54) is 4.90 Å². The lowest BCUT2D eigenvalue weighted by Crippen LogP contribution is -2.55. The zero-order chi connectivity index (χ0) is 22.7. The molecule has 1 aromatic heterocycles. The van der Waals surface area contributed by atoms with Crippen LogP contribution in [-0.2, 0) is 9.59 Å². The van der Waals surface area contributed by atoms with E-state index in [0.29, 0.717) is 38.9 Å². The molecule has 3 aliphatic rings. The van der Waals surface area contributed by atoms with Gasteiger partial charge in [-0.2, -0.15) is 5.10 Å². The highest BCUT2D eigenvalue weighted by Crippen LogP contribution is 2.31. The number of carbonyl (C=O) groups is 3. The molecule has 1 N–H and O–H groups in total. The molecule has 0 saturated carbocycles. The van der Waals surface area contributed by atoms with E-state index in [0.717, 1.165) is 38.9 Å². The molecule has 0 bridgehead atoms. The SMILES string of the molecule is CCCN1CCC2(CC1)NC(=O)N(CC1CCN(C(=O)C[C@@H](C)n3cccn3)CC1)C2=O. The Morgan fingerprint density at radius 1 is 1.22 bits per heavy atom. The Kier molecular flexibility index (Phi) is 6.83. The lowest BCUT2D eigenvalue weighted by Gasteiger charge is -2.37. The van der Waals surface area contributed by atoms with E-state index in [1.807, 2.05) is 28.8 Å². The zero-order valence-electron chi connectivity index (χ0n) is 19.3. The Morgan fingerprint density at radius 2 is 1.94 bits per heavy atom. The van der Waals surface area contributed by atoms with Crippen LogP contribution in [0.2, 0.25) is 0 Å². The zero-order valence-corrected chi connectivity index (χ0v) is 19.3. The third-order valence-corrected chi connectivity index (χ3v) is 7.35. The van der Waals surface area contributed by atoms with Crippen molar-refractivity contribution in [3.8, 4) is 0 Å². The number of nitrogens with one attached hydrogen (secondary N) is 1. The Hall–Kier alpha value is -2.42. The van der Waals surface area contributed by atoms with Gasteiger partial charge in [-0.1, -0.05) is 6.92 Å². The van der Waals surface area contributed by atoms with Gasteiger partial charge in [0.2, 0.25) is 5.91 Å². The van der Waals surface area contributed by atoms with Crippen molar-refractivity contribution in [2.75, 3.05) is 39.3 Å². The number of amides is 4. The fourth-order valence-electron chi connectivity index (χ4n) is 5.30. The van der Waals surface area contributed by atoms with Crippen LogP contribution >= 0.6 is 0 Å². The highest BCUT2D eigenvalue weighted by atomic mass is 16.2. The van der Waals surface area contributed by atoms with Gasteiger partial charge in [0.25, 0.3) is 5.91 Å². The number of hydrogen-bond donors (Lipinski definition) is 1. The first-order valence-corrected chi connectivity index (χ1v) is 12.0. The summed E-state index contributed by atoms with van der Waals surface area (Å²) in [4.78, 5) is 44.2. The Bertz CT molecular complexity index is 810. The second-order valence-electron chi connectivity index (χ2n) is 9.63. The van der Waals surface area contributed by atoms with E-state index >= 15 is 0 Å². The quantitative estimate of drug-likeness (QED) is 0.649. The normalized spacial score (nSPS) is 23.1. The largest absolute Gasteiger partial charge is 0.343 e. The van der Waals surface area contributed by atoms with Crippen molar-refractivity contribution >= 4 is 17.8 Å². The predicted molar refractivity (Wildman–Crippen MR) is 120 cm³/mol. The highest BCUT2D eigenvalue weighted by Gasteiger charge is 2.52. The van der Waals surface area contributed by atoms with Gasteiger partial charge in [-0.3, -0.25) is 19.2 Å². The summed E-state index contributed by atoms with van der Waals surface area (Å²) in [5, 5.41) is 7.24. The van der Waals surface area contributed by atoms with Gasteiger partial charge in [-0.25, -0.2) is 4.79 Å². The summed E-state index contributed by atoms with van der Waals surface area (Å²) >= 11 is 0. The molecule has 176 valence electrons. The molecule has 9 nitrogen and oxygen atoms in total. The van der Waals surface area contributed by atoms with Crippen molar-refractivity contribution in [2.24, 2.45) is 5.92 Å². The van der Waals surface area contributed by atoms with E-state index < -0.39 is 5.54 Å². The van der Waals surface area contributed by atoms with Crippen LogP contribution in [0.25, 0.3) is 0 Å². The molecule has 9 heteroatoms. The van der Waals surface area contributed by atoms with Crippen molar-refractivity contribution in [1.82, 2.24) is 29.8 Å². The maximum atomic E-state index is 13.2. The number of nitrogens with zero attached hydrogens (tertiary/aromatic N) is 5. The van der Waals surface area contributed by atoms with Crippen LogP contribution in [0.5, 0.6) is 0 Å². The minimum Gasteiger partial charge on any atom is -0.343 e. The van der Waals surface area contributed by atoms with Crippen LogP contribution in [0.1, 0.15) is 58.4 Å². The molecule has 0 radical (unpaired) electrons. The Balaban J connectivity index is 1.25. The van der Waals surface area contributed by atoms with Crippen LogP contribution < -0.4 is 5.32 Å². The fourth-order valence-corrected chi connectivity index (χ4v) is 5.30. The topological polar surface area (TPSA) is 90.8 Å². The first-order chi connectivity index (χ1) is 15.4. The van der Waals surface area contributed by atoms with Gasteiger partial charge in [-0.05, 0) is 57.6 Å². The molecular formula is C23H36N6O3. The van der Waals surface area contributed by atoms with Gasteiger partial charge < -0.3 is 15.1 Å². The average molecular weight is 445 g/mol. The van der Waals surface area contributed by atoms with Gasteiger partial charge >= 0.3 is 6.03 Å². The summed E-state index contributed by atoms with van der Waals surface area (Å²) in [6.07, 6.45) is 8.14. The van der Waals surface area contributed by atoms with Gasteiger partial charge in [0.15, 0.2) is 0 Å². The van der Waals surface area contributed by atoms with Gasteiger partial charge in [-0.15, -0.1) is 0 Å². The van der Waals surface area contributed by atoms with Crippen molar-refractivity contribution in [3.63, 3.8) is 0 Å². The minimum absolute atomic E-state index is 0.0288. The summed E-state index contributed by atoms with van der Waals surface area (Å²) in [7, 11) is 0. The van der Waals surface area contributed by atoms with Crippen LogP contribution in [0, 0.1) is 5.92 Å². The van der Waals surface area contributed by atoms with E-state index in [2.05, 4.69) is 22.2 Å². The van der Waals surface area contributed by atoms with Crippen LogP contribution in [-0.4, -0.2) is 87.1 Å². The fraction of sp³-hybridized carbons (Fsp3) is 0.739. The molecule has 3 fully saturated rings. The van der Waals surface area contributed by atoms with Gasteiger partial charge in [0.05, 0.1) is 6.04 Å². The second kappa shape index (κ2) is 9.60. The number of carbonyl (C=O) groups excluding carboxylic acids is 3. The molecule has 0 unspecified atom stereocenters. The molecule has 3 aliphatic heterocycles. The average Bonchev–Trinajstić information content (AvgIpc) is 3.40. The lowest BCUT2D eigenvalue weighted by molar-refractivity contribution is -0.135. The number of piperidine rings is 2. The summed E-state index contributed by atoms with van der Waals surface area (Å²) in [5.74, 6) is 0.331. The Morgan fingerprint density at radius 3 is 2.56 bits per heavy atom. The molecule has 1 atom stereocenters. The van der Waals surface area contributed by atoms with E-state index in [4.69, 9.17) is 0 Å². The number of aromatic nitrogens is 2. The monoisotopic (exact) mass is 444 g/mol. The number of rotatable bonds is 7. The maximum absolute atomic E-state index is 13.2. The summed E-state index contributed by atoms with van der Waals surface area (Å²) in [5.41, 5.74) is -0.708. The maximum Gasteiger partial charge on any atom is 0.325 e. The number of urea groups is 1. The molecule has 4 rings (SSSR count). The summed E-state index contributed by atoms with van der Waals surface area (Å²) in [6.45, 7) is 8.71. The van der Waals surface area contributed by atoms with Crippen molar-refractivity contribution < 1.29 is 14.4 Å². The highest BCUT2D eigenvalue weighted by molar-refractivity contribution is 6.07. The first-order valence-electron chi connectivity index (χ1n) is 12.0. The van der Waals surface area contributed by atoms with E-state index in [1.54, 1.807) is 6.20 Å². The number of likely N-dealkylation sites (tertiary alicyclic amines) is 2. The molecule has 3 saturated heterocycles. The summed E-state index contributed by atoms with van der Waals surface area (Å²) < 4.78 is 1.81.